The molecule has 2 saturated heterocycles. The molecule has 2 aliphatic heterocycles. The van der Waals surface area contributed by atoms with Crippen LogP contribution in [0.4, 0.5) is 9.93 Å². The van der Waals surface area contributed by atoms with Crippen molar-refractivity contribution < 1.29 is 13.8 Å². The van der Waals surface area contributed by atoms with Gasteiger partial charge in [0.05, 0.1) is 10.2 Å². The Bertz CT molecular complexity index is 925. The highest BCUT2D eigenvalue weighted by Crippen LogP contribution is 2.29. The van der Waals surface area contributed by atoms with Crippen LogP contribution in [-0.4, -0.2) is 68.1 Å². The van der Waals surface area contributed by atoms with Gasteiger partial charge < -0.3 is 15.1 Å². The van der Waals surface area contributed by atoms with Gasteiger partial charge in [-0.25, -0.2) is 9.78 Å². The van der Waals surface area contributed by atoms with Crippen LogP contribution in [0.15, 0.2) is 18.2 Å². The molecule has 1 aromatic carbocycles. The number of benzene rings is 1. The topological polar surface area (TPSA) is 82.6 Å². The lowest BCUT2D eigenvalue weighted by Gasteiger charge is -2.39. The zero-order valence-corrected chi connectivity index (χ0v) is 17.6. The summed E-state index contributed by atoms with van der Waals surface area (Å²) in [5.41, 5.74) is 0.780. The Morgan fingerprint density at radius 2 is 2.00 bits per heavy atom. The van der Waals surface area contributed by atoms with Crippen molar-refractivity contribution in [2.24, 2.45) is 0 Å². The van der Waals surface area contributed by atoms with Crippen molar-refractivity contribution in [1.82, 2.24) is 14.8 Å². The number of thiazole rings is 1. The fraction of sp³-hybridized carbons (Fsp3) is 0.500. The summed E-state index contributed by atoms with van der Waals surface area (Å²) in [5.74, 6) is 0.800. The molecule has 0 saturated carbocycles. The fourth-order valence-electron chi connectivity index (χ4n) is 3.58. The van der Waals surface area contributed by atoms with E-state index in [1.165, 1.54) is 11.3 Å². The van der Waals surface area contributed by atoms with E-state index in [4.69, 9.17) is 11.6 Å². The lowest BCUT2D eigenvalue weighted by atomic mass is 10.0. The monoisotopic (exact) mass is 440 g/mol. The highest BCUT2D eigenvalue weighted by atomic mass is 35.5. The van der Waals surface area contributed by atoms with Crippen LogP contribution in [0.3, 0.4) is 0 Å². The van der Waals surface area contributed by atoms with Crippen molar-refractivity contribution in [1.29, 1.82) is 0 Å². The normalized spacial score (nSPS) is 21.1. The van der Waals surface area contributed by atoms with Gasteiger partial charge in [-0.05, 0) is 37.5 Å². The van der Waals surface area contributed by atoms with E-state index in [0.29, 0.717) is 47.7 Å². The zero-order valence-electron chi connectivity index (χ0n) is 15.2. The molecule has 3 amide bonds. The number of halogens is 1. The maximum Gasteiger partial charge on any atom is 0.320 e. The van der Waals surface area contributed by atoms with E-state index in [1.807, 2.05) is 12.1 Å². The van der Waals surface area contributed by atoms with Gasteiger partial charge in [-0.15, -0.1) is 0 Å². The lowest BCUT2D eigenvalue weighted by Crippen LogP contribution is -2.56. The molecule has 7 nitrogen and oxygen atoms in total. The fourth-order valence-corrected chi connectivity index (χ4v) is 5.78. The Kier molecular flexibility index (Phi) is 5.84. The van der Waals surface area contributed by atoms with Crippen molar-refractivity contribution in [2.45, 2.75) is 25.3 Å². The molecule has 0 bridgehead atoms. The Balaban J connectivity index is 1.47. The lowest BCUT2D eigenvalue weighted by molar-refractivity contribution is -0.121. The number of likely N-dealkylation sites (tertiary alicyclic amines) is 1. The molecule has 1 N–H and O–H groups in total. The summed E-state index contributed by atoms with van der Waals surface area (Å²) in [5, 5.41) is 4.01. The predicted octanol–water partition coefficient (Wildman–Crippen LogP) is 2.93. The van der Waals surface area contributed by atoms with Gasteiger partial charge in [-0.2, -0.15) is 0 Å². The summed E-state index contributed by atoms with van der Waals surface area (Å²) in [6.07, 6.45) is 2.42. The van der Waals surface area contributed by atoms with Crippen LogP contribution in [0.5, 0.6) is 0 Å². The second-order valence-electron chi connectivity index (χ2n) is 6.94. The molecule has 2 fully saturated rings. The average molecular weight is 441 g/mol. The van der Waals surface area contributed by atoms with Crippen molar-refractivity contribution in [3.63, 3.8) is 0 Å². The number of fused-ring (bicyclic) bond motifs is 1. The van der Waals surface area contributed by atoms with E-state index in [1.54, 1.807) is 15.9 Å². The summed E-state index contributed by atoms with van der Waals surface area (Å²) < 4.78 is 12.5. The number of carbonyl (C=O) groups excluding carboxylic acids is 2. The second kappa shape index (κ2) is 8.34. The highest BCUT2D eigenvalue weighted by molar-refractivity contribution is 7.85. The van der Waals surface area contributed by atoms with E-state index in [2.05, 4.69) is 10.3 Å². The van der Waals surface area contributed by atoms with E-state index >= 15 is 0 Å². The van der Waals surface area contributed by atoms with Gasteiger partial charge in [0.15, 0.2) is 5.13 Å². The van der Waals surface area contributed by atoms with Gasteiger partial charge in [0, 0.05) is 47.0 Å². The summed E-state index contributed by atoms with van der Waals surface area (Å²) in [7, 11) is -0.844. The molecule has 10 heteroatoms. The number of nitrogens with one attached hydrogen (secondary N) is 1. The number of piperidine rings is 1. The average Bonchev–Trinajstić information content (AvgIpc) is 3.09. The van der Waals surface area contributed by atoms with Crippen LogP contribution in [-0.2, 0) is 15.6 Å². The minimum Gasteiger partial charge on any atom is -0.323 e. The van der Waals surface area contributed by atoms with E-state index < -0.39 is 16.8 Å². The van der Waals surface area contributed by atoms with E-state index in [0.717, 1.165) is 23.1 Å². The Labute approximate surface area is 174 Å². The number of anilines is 1. The van der Waals surface area contributed by atoms with Crippen LogP contribution >= 0.6 is 22.9 Å². The predicted molar refractivity (Wildman–Crippen MR) is 112 cm³/mol. The molecule has 3 heterocycles. The van der Waals surface area contributed by atoms with E-state index in [-0.39, 0.29) is 11.9 Å². The quantitative estimate of drug-likeness (QED) is 0.778. The largest absolute Gasteiger partial charge is 0.323 e. The standard InChI is InChI=1S/C18H21ClN4O3S2/c19-12-4-5-13-15(11-12)27-17(20-13)21-16(24)14-3-1-2-6-23(14)18(25)22-7-9-28(26)10-8-22/h4-5,11,14H,1-3,6-10H2,(H,20,21,24). The van der Waals surface area contributed by atoms with Crippen molar-refractivity contribution in [2.75, 3.05) is 36.5 Å². The van der Waals surface area contributed by atoms with Gasteiger partial charge >= 0.3 is 6.03 Å². The van der Waals surface area contributed by atoms with Crippen LogP contribution in [0.1, 0.15) is 19.3 Å². The molecule has 0 aliphatic carbocycles. The number of carbonyl (C=O) groups is 2. The molecule has 1 atom stereocenters. The van der Waals surface area contributed by atoms with Crippen molar-refractivity contribution in [3.8, 4) is 0 Å². The first-order chi connectivity index (χ1) is 13.5. The third-order valence-corrected chi connectivity index (χ3v) is 7.52. The minimum absolute atomic E-state index is 0.132. The van der Waals surface area contributed by atoms with Crippen molar-refractivity contribution >= 4 is 61.0 Å². The van der Waals surface area contributed by atoms with Crippen LogP contribution < -0.4 is 5.32 Å². The Morgan fingerprint density at radius 3 is 2.79 bits per heavy atom. The van der Waals surface area contributed by atoms with Gasteiger partial charge in [-0.1, -0.05) is 22.9 Å². The molecular formula is C18H21ClN4O3S2. The number of hydrogen-bond donors (Lipinski definition) is 1. The van der Waals surface area contributed by atoms with Crippen molar-refractivity contribution in [3.05, 3.63) is 23.2 Å². The van der Waals surface area contributed by atoms with Crippen LogP contribution in [0, 0.1) is 0 Å². The first-order valence-corrected chi connectivity index (χ1v) is 12.0. The molecule has 150 valence electrons. The number of hydrogen-bond acceptors (Lipinski definition) is 5. The van der Waals surface area contributed by atoms with Crippen LogP contribution in [0.25, 0.3) is 10.2 Å². The highest BCUT2D eigenvalue weighted by Gasteiger charge is 2.35. The molecule has 1 unspecified atom stereocenters. The van der Waals surface area contributed by atoms with E-state index in [9.17, 15) is 13.8 Å². The molecule has 1 aromatic heterocycles. The van der Waals surface area contributed by atoms with Gasteiger partial charge in [0.1, 0.15) is 6.04 Å². The first-order valence-electron chi connectivity index (χ1n) is 9.29. The molecule has 2 aromatic rings. The third kappa shape index (κ3) is 4.16. The third-order valence-electron chi connectivity index (χ3n) is 5.08. The Morgan fingerprint density at radius 1 is 1.21 bits per heavy atom. The molecule has 28 heavy (non-hydrogen) atoms. The maximum absolute atomic E-state index is 13.0. The number of urea groups is 1. The Hall–Kier alpha value is -1.71. The molecule has 2 aliphatic rings. The minimum atomic E-state index is -0.844. The number of aromatic nitrogens is 1. The summed E-state index contributed by atoms with van der Waals surface area (Å²) in [4.78, 5) is 33.7. The summed E-state index contributed by atoms with van der Waals surface area (Å²) in [6, 6.07) is 4.76. The zero-order chi connectivity index (χ0) is 19.7. The number of amides is 3. The SMILES string of the molecule is O=C(Nc1nc2ccc(Cl)cc2s1)C1CCCCN1C(=O)N1CCS(=O)CC1. The first kappa shape index (κ1) is 19.6. The molecule has 0 spiro atoms. The number of rotatable bonds is 2. The van der Waals surface area contributed by atoms with Crippen LogP contribution in [0.2, 0.25) is 5.02 Å². The molecular weight excluding hydrogens is 420 g/mol. The second-order valence-corrected chi connectivity index (χ2v) is 10.1. The van der Waals surface area contributed by atoms with Gasteiger partial charge in [0.25, 0.3) is 0 Å². The van der Waals surface area contributed by atoms with Gasteiger partial charge in [-0.3, -0.25) is 9.00 Å². The smallest absolute Gasteiger partial charge is 0.320 e. The number of nitrogens with zero attached hydrogens (tertiary/aromatic N) is 3. The molecule has 0 radical (unpaired) electrons. The van der Waals surface area contributed by atoms with Gasteiger partial charge in [0.2, 0.25) is 5.91 Å². The maximum atomic E-state index is 13.0. The molecule has 4 rings (SSSR count). The summed E-state index contributed by atoms with van der Waals surface area (Å²) >= 11 is 7.38. The summed E-state index contributed by atoms with van der Waals surface area (Å²) in [6.45, 7) is 1.52.